The van der Waals surface area contributed by atoms with Crippen LogP contribution in [0.15, 0.2) is 53.0 Å². The molecule has 0 aromatic heterocycles. The van der Waals surface area contributed by atoms with Gasteiger partial charge in [0.1, 0.15) is 5.75 Å². The second-order valence-electron chi connectivity index (χ2n) is 4.47. The number of hydrogen-bond acceptors (Lipinski definition) is 2. The zero-order chi connectivity index (χ0) is 13.7. The van der Waals surface area contributed by atoms with Gasteiger partial charge in [-0.1, -0.05) is 46.3 Å². The van der Waals surface area contributed by atoms with Gasteiger partial charge in [-0.2, -0.15) is 0 Å². The first kappa shape index (κ1) is 14.1. The molecule has 2 nitrogen and oxygen atoms in total. The lowest BCUT2D eigenvalue weighted by Gasteiger charge is -2.16. The summed E-state index contributed by atoms with van der Waals surface area (Å²) in [6.07, 6.45) is 0. The highest BCUT2D eigenvalue weighted by Gasteiger charge is 2.06. The Morgan fingerprint density at radius 1 is 1.11 bits per heavy atom. The van der Waals surface area contributed by atoms with Crippen molar-refractivity contribution in [1.82, 2.24) is 5.32 Å². The Morgan fingerprint density at radius 2 is 1.79 bits per heavy atom. The van der Waals surface area contributed by atoms with Gasteiger partial charge in [-0.15, -0.1) is 0 Å². The van der Waals surface area contributed by atoms with Crippen LogP contribution >= 0.6 is 15.9 Å². The highest BCUT2D eigenvalue weighted by Crippen LogP contribution is 2.20. The fraction of sp³-hybridized carbons (Fsp3) is 0.250. The molecule has 0 saturated carbocycles. The Hall–Kier alpha value is -1.32. The molecule has 0 heterocycles. The minimum atomic E-state index is 0.304. The molecule has 2 aromatic carbocycles. The molecule has 0 bridgehead atoms. The van der Waals surface area contributed by atoms with Gasteiger partial charge >= 0.3 is 0 Å². The van der Waals surface area contributed by atoms with Crippen molar-refractivity contribution in [1.29, 1.82) is 0 Å². The predicted molar refractivity (Wildman–Crippen MR) is 82.4 cm³/mol. The van der Waals surface area contributed by atoms with Crippen molar-refractivity contribution in [3.05, 3.63) is 64.1 Å². The van der Waals surface area contributed by atoms with Crippen LogP contribution in [0.4, 0.5) is 0 Å². The van der Waals surface area contributed by atoms with E-state index in [2.05, 4.69) is 58.5 Å². The Kier molecular flexibility index (Phi) is 5.00. The molecule has 0 amide bonds. The van der Waals surface area contributed by atoms with Crippen LogP contribution in [0, 0.1) is 0 Å². The monoisotopic (exact) mass is 319 g/mol. The highest BCUT2D eigenvalue weighted by molar-refractivity contribution is 9.10. The summed E-state index contributed by atoms with van der Waals surface area (Å²) < 4.78 is 6.46. The Morgan fingerprint density at radius 3 is 2.47 bits per heavy atom. The Balaban J connectivity index is 2.00. The second-order valence-corrected chi connectivity index (χ2v) is 5.38. The van der Waals surface area contributed by atoms with Crippen molar-refractivity contribution < 1.29 is 4.74 Å². The summed E-state index contributed by atoms with van der Waals surface area (Å²) in [7, 11) is 1.71. The quantitative estimate of drug-likeness (QED) is 0.886. The fourth-order valence-electron chi connectivity index (χ4n) is 1.98. The zero-order valence-electron chi connectivity index (χ0n) is 11.2. The fourth-order valence-corrected chi connectivity index (χ4v) is 2.25. The molecule has 0 aliphatic carbocycles. The standard InChI is InChI=1S/C16H18BrNO/c1-12(13-7-9-15(17)10-8-13)18-11-14-5-3-4-6-16(14)19-2/h3-10,12,18H,11H2,1-2H3/t12-/m0/s1. The highest BCUT2D eigenvalue weighted by atomic mass is 79.9. The zero-order valence-corrected chi connectivity index (χ0v) is 12.8. The summed E-state index contributed by atoms with van der Waals surface area (Å²) in [5.74, 6) is 0.929. The van der Waals surface area contributed by atoms with Gasteiger partial charge in [-0.05, 0) is 30.7 Å². The molecule has 1 atom stereocenters. The summed E-state index contributed by atoms with van der Waals surface area (Å²) in [5, 5.41) is 3.51. The summed E-state index contributed by atoms with van der Waals surface area (Å²) in [4.78, 5) is 0. The van der Waals surface area contributed by atoms with E-state index in [0.717, 1.165) is 16.8 Å². The maximum absolute atomic E-state index is 5.35. The van der Waals surface area contributed by atoms with Gasteiger partial charge in [0.15, 0.2) is 0 Å². The van der Waals surface area contributed by atoms with E-state index in [4.69, 9.17) is 4.74 Å². The molecule has 0 fully saturated rings. The smallest absolute Gasteiger partial charge is 0.123 e. The van der Waals surface area contributed by atoms with E-state index >= 15 is 0 Å². The third kappa shape index (κ3) is 3.82. The van der Waals surface area contributed by atoms with Crippen LogP contribution in [-0.4, -0.2) is 7.11 Å². The first-order chi connectivity index (χ1) is 9.20. The predicted octanol–water partition coefficient (Wildman–Crippen LogP) is 4.31. The molecule has 0 radical (unpaired) electrons. The van der Waals surface area contributed by atoms with E-state index in [0.29, 0.717) is 6.04 Å². The van der Waals surface area contributed by atoms with Crippen molar-refractivity contribution in [2.45, 2.75) is 19.5 Å². The van der Waals surface area contributed by atoms with Gasteiger partial charge in [0.05, 0.1) is 7.11 Å². The van der Waals surface area contributed by atoms with Crippen LogP contribution in [0.2, 0.25) is 0 Å². The van der Waals surface area contributed by atoms with Crippen LogP contribution in [0.25, 0.3) is 0 Å². The molecule has 100 valence electrons. The van der Waals surface area contributed by atoms with Crippen molar-refractivity contribution in [3.63, 3.8) is 0 Å². The lowest BCUT2D eigenvalue weighted by Crippen LogP contribution is -2.18. The summed E-state index contributed by atoms with van der Waals surface area (Å²) in [5.41, 5.74) is 2.45. The third-order valence-electron chi connectivity index (χ3n) is 3.16. The van der Waals surface area contributed by atoms with Crippen molar-refractivity contribution in [2.75, 3.05) is 7.11 Å². The number of halogens is 1. The van der Waals surface area contributed by atoms with Crippen LogP contribution in [-0.2, 0) is 6.54 Å². The number of ether oxygens (including phenoxy) is 1. The number of hydrogen-bond donors (Lipinski definition) is 1. The molecule has 2 aromatic rings. The molecule has 1 N–H and O–H groups in total. The average molecular weight is 320 g/mol. The summed E-state index contributed by atoms with van der Waals surface area (Å²) in [6, 6.07) is 16.8. The SMILES string of the molecule is COc1ccccc1CN[C@@H](C)c1ccc(Br)cc1. The normalized spacial score (nSPS) is 12.2. The van der Waals surface area contributed by atoms with Gasteiger partial charge in [0, 0.05) is 22.6 Å². The number of benzene rings is 2. The van der Waals surface area contributed by atoms with Crippen molar-refractivity contribution >= 4 is 15.9 Å². The first-order valence-electron chi connectivity index (χ1n) is 6.31. The number of nitrogens with one attached hydrogen (secondary N) is 1. The van der Waals surface area contributed by atoms with Gasteiger partial charge in [-0.3, -0.25) is 0 Å². The molecular weight excluding hydrogens is 302 g/mol. The van der Waals surface area contributed by atoms with E-state index in [1.165, 1.54) is 11.1 Å². The molecule has 19 heavy (non-hydrogen) atoms. The average Bonchev–Trinajstić information content (AvgIpc) is 2.45. The van der Waals surface area contributed by atoms with Crippen LogP contribution in [0.1, 0.15) is 24.1 Å². The minimum Gasteiger partial charge on any atom is -0.496 e. The van der Waals surface area contributed by atoms with E-state index < -0.39 is 0 Å². The molecular formula is C16H18BrNO. The Bertz CT molecular complexity index is 525. The Labute approximate surface area is 122 Å². The molecule has 0 unspecified atom stereocenters. The third-order valence-corrected chi connectivity index (χ3v) is 3.69. The van der Waals surface area contributed by atoms with Crippen LogP contribution < -0.4 is 10.1 Å². The van der Waals surface area contributed by atoms with E-state index in [1.807, 2.05) is 18.2 Å². The van der Waals surface area contributed by atoms with E-state index in [1.54, 1.807) is 7.11 Å². The molecule has 3 heteroatoms. The van der Waals surface area contributed by atoms with Gasteiger partial charge in [0.2, 0.25) is 0 Å². The van der Waals surface area contributed by atoms with Crippen molar-refractivity contribution in [2.24, 2.45) is 0 Å². The largest absolute Gasteiger partial charge is 0.496 e. The topological polar surface area (TPSA) is 21.3 Å². The maximum Gasteiger partial charge on any atom is 0.123 e. The van der Waals surface area contributed by atoms with Gasteiger partial charge in [-0.25, -0.2) is 0 Å². The summed E-state index contributed by atoms with van der Waals surface area (Å²) in [6.45, 7) is 2.96. The molecule has 2 rings (SSSR count). The molecule has 0 aliphatic rings. The molecule has 0 aliphatic heterocycles. The number of rotatable bonds is 5. The lowest BCUT2D eigenvalue weighted by atomic mass is 10.1. The molecule has 0 saturated heterocycles. The van der Waals surface area contributed by atoms with E-state index in [-0.39, 0.29) is 0 Å². The number of para-hydroxylation sites is 1. The van der Waals surface area contributed by atoms with E-state index in [9.17, 15) is 0 Å². The lowest BCUT2D eigenvalue weighted by molar-refractivity contribution is 0.406. The summed E-state index contributed by atoms with van der Waals surface area (Å²) >= 11 is 3.45. The van der Waals surface area contributed by atoms with Gasteiger partial charge < -0.3 is 10.1 Å². The number of methoxy groups -OCH3 is 1. The maximum atomic E-state index is 5.35. The second kappa shape index (κ2) is 6.73. The van der Waals surface area contributed by atoms with Crippen molar-refractivity contribution in [3.8, 4) is 5.75 Å². The van der Waals surface area contributed by atoms with Gasteiger partial charge in [0.25, 0.3) is 0 Å². The van der Waals surface area contributed by atoms with Crippen LogP contribution in [0.5, 0.6) is 5.75 Å². The van der Waals surface area contributed by atoms with Crippen LogP contribution in [0.3, 0.4) is 0 Å². The first-order valence-corrected chi connectivity index (χ1v) is 7.10. The molecule has 0 spiro atoms. The minimum absolute atomic E-state index is 0.304.